The monoisotopic (exact) mass is 199 g/mol. The minimum atomic E-state index is -0.807. The molecule has 14 heavy (non-hydrogen) atoms. The molecule has 1 heterocycles. The van der Waals surface area contributed by atoms with Crippen LogP contribution in [0.25, 0.3) is 0 Å². The van der Waals surface area contributed by atoms with E-state index in [0.717, 1.165) is 0 Å². The lowest BCUT2D eigenvalue weighted by molar-refractivity contribution is -0.137. The zero-order valence-electron chi connectivity index (χ0n) is 8.23. The summed E-state index contributed by atoms with van der Waals surface area (Å²) in [6.07, 6.45) is 0.115. The first kappa shape index (κ1) is 10.6. The van der Waals surface area contributed by atoms with Crippen LogP contribution in [0.1, 0.15) is 18.2 Å². The van der Waals surface area contributed by atoms with Crippen LogP contribution in [0.15, 0.2) is 4.42 Å². The summed E-state index contributed by atoms with van der Waals surface area (Å²) in [5.41, 5.74) is 0. The summed E-state index contributed by atoms with van der Waals surface area (Å²) in [6, 6.07) is 0. The molecule has 0 aliphatic rings. The predicted octanol–water partition coefficient (Wildman–Crippen LogP) is 0.285. The first-order valence-corrected chi connectivity index (χ1v) is 4.27. The normalized spacial score (nSPS) is 10.8. The highest BCUT2D eigenvalue weighted by molar-refractivity contribution is 5.66. The number of aliphatic carboxylic acids is 1. The highest BCUT2D eigenvalue weighted by Gasteiger charge is 2.07. The third kappa shape index (κ3) is 3.53. The van der Waals surface area contributed by atoms with Crippen LogP contribution in [0.2, 0.25) is 0 Å². The Morgan fingerprint density at radius 2 is 2.29 bits per heavy atom. The van der Waals surface area contributed by atoms with E-state index in [1.54, 1.807) is 6.92 Å². The topological polar surface area (TPSA) is 79.5 Å². The van der Waals surface area contributed by atoms with Gasteiger partial charge < -0.3 is 9.52 Å². The van der Waals surface area contributed by atoms with Gasteiger partial charge >= 0.3 is 5.97 Å². The number of carbonyl (C=O) groups is 1. The lowest BCUT2D eigenvalue weighted by Crippen LogP contribution is -2.21. The van der Waals surface area contributed by atoms with Crippen LogP contribution in [0.4, 0.5) is 0 Å². The summed E-state index contributed by atoms with van der Waals surface area (Å²) in [7, 11) is 1.81. The van der Waals surface area contributed by atoms with Gasteiger partial charge in [0.2, 0.25) is 11.8 Å². The van der Waals surface area contributed by atoms with Crippen LogP contribution in [0.3, 0.4) is 0 Å². The number of hydrogen-bond acceptors (Lipinski definition) is 5. The van der Waals surface area contributed by atoms with Crippen molar-refractivity contribution in [3.63, 3.8) is 0 Å². The van der Waals surface area contributed by atoms with Crippen molar-refractivity contribution < 1.29 is 14.3 Å². The van der Waals surface area contributed by atoms with Crippen LogP contribution in [-0.4, -0.2) is 39.8 Å². The number of hydrogen-bond donors (Lipinski definition) is 1. The van der Waals surface area contributed by atoms with Gasteiger partial charge in [0.1, 0.15) is 0 Å². The average Bonchev–Trinajstić information content (AvgIpc) is 2.48. The van der Waals surface area contributed by atoms with Crippen LogP contribution < -0.4 is 0 Å². The molecule has 0 amide bonds. The first-order chi connectivity index (χ1) is 6.58. The van der Waals surface area contributed by atoms with Gasteiger partial charge in [0.05, 0.1) is 13.0 Å². The summed E-state index contributed by atoms with van der Waals surface area (Å²) in [5.74, 6) is 0.223. The summed E-state index contributed by atoms with van der Waals surface area (Å²) < 4.78 is 5.15. The van der Waals surface area contributed by atoms with Gasteiger partial charge in [-0.15, -0.1) is 10.2 Å². The van der Waals surface area contributed by atoms with Crippen molar-refractivity contribution in [1.82, 2.24) is 15.1 Å². The van der Waals surface area contributed by atoms with E-state index in [9.17, 15) is 4.79 Å². The van der Waals surface area contributed by atoms with Crippen molar-refractivity contribution in [2.45, 2.75) is 19.9 Å². The van der Waals surface area contributed by atoms with Crippen molar-refractivity contribution in [3.8, 4) is 0 Å². The van der Waals surface area contributed by atoms with Gasteiger partial charge in [-0.25, -0.2) is 0 Å². The summed E-state index contributed by atoms with van der Waals surface area (Å²) in [4.78, 5) is 12.1. The molecule has 0 atom stereocenters. The molecule has 1 aromatic heterocycles. The van der Waals surface area contributed by atoms with Crippen molar-refractivity contribution in [3.05, 3.63) is 11.8 Å². The second-order valence-electron chi connectivity index (χ2n) is 3.10. The van der Waals surface area contributed by atoms with Crippen LogP contribution in [0, 0.1) is 6.92 Å². The number of carboxylic acid groups (broad SMARTS) is 1. The Kier molecular flexibility index (Phi) is 3.58. The standard InChI is InChI=1S/C8H13N3O3/c1-6-9-10-7(14-6)5-11(2)4-3-8(12)13/h3-5H2,1-2H3,(H,12,13). The molecule has 0 saturated heterocycles. The molecule has 0 radical (unpaired) electrons. The fourth-order valence-electron chi connectivity index (χ4n) is 0.998. The maximum atomic E-state index is 10.3. The molecule has 6 nitrogen and oxygen atoms in total. The molecule has 0 aliphatic carbocycles. The van der Waals surface area contributed by atoms with Crippen molar-refractivity contribution >= 4 is 5.97 Å². The maximum absolute atomic E-state index is 10.3. The number of aryl methyl sites for hydroxylation is 1. The number of carboxylic acids is 1. The van der Waals surface area contributed by atoms with Gasteiger partial charge in [-0.1, -0.05) is 0 Å². The number of aromatic nitrogens is 2. The lowest BCUT2D eigenvalue weighted by Gasteiger charge is -2.11. The Balaban J connectivity index is 2.33. The van der Waals surface area contributed by atoms with E-state index in [-0.39, 0.29) is 6.42 Å². The molecule has 0 saturated carbocycles. The molecular formula is C8H13N3O3. The van der Waals surface area contributed by atoms with E-state index in [2.05, 4.69) is 10.2 Å². The SMILES string of the molecule is Cc1nnc(CN(C)CCC(=O)O)o1. The Labute approximate surface area is 81.5 Å². The van der Waals surface area contributed by atoms with Gasteiger partial charge in [0.15, 0.2) is 0 Å². The number of nitrogens with zero attached hydrogens (tertiary/aromatic N) is 3. The van der Waals surface area contributed by atoms with Gasteiger partial charge in [-0.3, -0.25) is 9.69 Å². The van der Waals surface area contributed by atoms with Crippen LogP contribution in [-0.2, 0) is 11.3 Å². The zero-order valence-corrected chi connectivity index (χ0v) is 8.23. The van der Waals surface area contributed by atoms with Gasteiger partial charge in [-0.2, -0.15) is 0 Å². The fraction of sp³-hybridized carbons (Fsp3) is 0.625. The number of rotatable bonds is 5. The smallest absolute Gasteiger partial charge is 0.304 e. The zero-order chi connectivity index (χ0) is 10.6. The third-order valence-corrected chi connectivity index (χ3v) is 1.68. The fourth-order valence-corrected chi connectivity index (χ4v) is 0.998. The first-order valence-electron chi connectivity index (χ1n) is 4.27. The molecular weight excluding hydrogens is 186 g/mol. The van der Waals surface area contributed by atoms with Crippen molar-refractivity contribution in [2.75, 3.05) is 13.6 Å². The largest absolute Gasteiger partial charge is 0.481 e. The van der Waals surface area contributed by atoms with Gasteiger partial charge in [0, 0.05) is 13.5 Å². The third-order valence-electron chi connectivity index (χ3n) is 1.68. The molecule has 0 aliphatic heterocycles. The molecule has 0 unspecified atom stereocenters. The van der Waals surface area contributed by atoms with Crippen LogP contribution in [0.5, 0.6) is 0 Å². The molecule has 1 N–H and O–H groups in total. The van der Waals surface area contributed by atoms with Crippen molar-refractivity contribution in [2.24, 2.45) is 0 Å². The summed E-state index contributed by atoms with van der Waals surface area (Å²) in [5, 5.41) is 15.9. The molecule has 0 spiro atoms. The van der Waals surface area contributed by atoms with E-state index in [1.165, 1.54) is 0 Å². The molecule has 1 rings (SSSR count). The summed E-state index contributed by atoms with van der Waals surface area (Å²) >= 11 is 0. The predicted molar refractivity (Wildman–Crippen MR) is 47.6 cm³/mol. The Bertz CT molecular complexity index is 311. The second-order valence-corrected chi connectivity index (χ2v) is 3.10. The molecule has 0 bridgehead atoms. The Morgan fingerprint density at radius 1 is 1.57 bits per heavy atom. The highest BCUT2D eigenvalue weighted by Crippen LogP contribution is 2.01. The Hall–Kier alpha value is -1.43. The van der Waals surface area contributed by atoms with Crippen LogP contribution >= 0.6 is 0 Å². The minimum absolute atomic E-state index is 0.115. The minimum Gasteiger partial charge on any atom is -0.481 e. The van der Waals surface area contributed by atoms with Gasteiger partial charge in [-0.05, 0) is 7.05 Å². The van der Waals surface area contributed by atoms with Crippen molar-refractivity contribution in [1.29, 1.82) is 0 Å². The van der Waals surface area contributed by atoms with Gasteiger partial charge in [0.25, 0.3) is 0 Å². The van der Waals surface area contributed by atoms with E-state index in [4.69, 9.17) is 9.52 Å². The van der Waals surface area contributed by atoms with E-state index in [0.29, 0.717) is 24.9 Å². The average molecular weight is 199 g/mol. The molecule has 6 heteroatoms. The summed E-state index contributed by atoms with van der Waals surface area (Å²) in [6.45, 7) is 2.67. The highest BCUT2D eigenvalue weighted by atomic mass is 16.4. The molecule has 1 aromatic rings. The molecule has 0 fully saturated rings. The quantitative estimate of drug-likeness (QED) is 0.734. The van der Waals surface area contributed by atoms with E-state index < -0.39 is 5.97 Å². The van der Waals surface area contributed by atoms with E-state index >= 15 is 0 Å². The van der Waals surface area contributed by atoms with E-state index in [1.807, 2.05) is 11.9 Å². The molecule has 0 aromatic carbocycles. The Morgan fingerprint density at radius 3 is 2.79 bits per heavy atom. The molecule has 78 valence electrons. The maximum Gasteiger partial charge on any atom is 0.304 e. The lowest BCUT2D eigenvalue weighted by atomic mass is 10.4. The second kappa shape index (κ2) is 4.71.